The van der Waals surface area contributed by atoms with E-state index in [0.717, 1.165) is 6.42 Å². The lowest BCUT2D eigenvalue weighted by Gasteiger charge is -2.12. The zero-order chi connectivity index (χ0) is 14.9. The summed E-state index contributed by atoms with van der Waals surface area (Å²) in [6, 6.07) is 4.70. The highest BCUT2D eigenvalue weighted by atomic mass is 32.2. The number of hydrogen-bond acceptors (Lipinski definition) is 5. The third kappa shape index (κ3) is 3.29. The van der Waals surface area contributed by atoms with E-state index in [0.29, 0.717) is 36.7 Å². The van der Waals surface area contributed by atoms with Crippen LogP contribution in [-0.2, 0) is 9.84 Å². The van der Waals surface area contributed by atoms with Crippen LogP contribution in [0.15, 0.2) is 18.2 Å². The molecule has 1 amide bonds. The topological polar surface area (TPSA) is 81.7 Å². The van der Waals surface area contributed by atoms with E-state index in [9.17, 15) is 13.2 Å². The Kier molecular flexibility index (Phi) is 3.75. The van der Waals surface area contributed by atoms with Crippen molar-refractivity contribution in [1.29, 1.82) is 0 Å². The van der Waals surface area contributed by atoms with E-state index in [-0.39, 0.29) is 23.5 Å². The Labute approximate surface area is 123 Å². The van der Waals surface area contributed by atoms with Crippen molar-refractivity contribution < 1.29 is 22.7 Å². The van der Waals surface area contributed by atoms with Crippen molar-refractivity contribution in [3.63, 3.8) is 0 Å². The average molecular weight is 311 g/mol. The molecule has 3 rings (SSSR count). The van der Waals surface area contributed by atoms with Crippen molar-refractivity contribution >= 4 is 15.7 Å². The second-order valence-electron chi connectivity index (χ2n) is 5.29. The first-order valence-corrected chi connectivity index (χ1v) is 8.76. The van der Waals surface area contributed by atoms with Gasteiger partial charge in [0.15, 0.2) is 21.3 Å². The zero-order valence-corrected chi connectivity index (χ0v) is 12.3. The molecule has 1 saturated heterocycles. The number of hydrogen-bond donors (Lipinski definition) is 1. The van der Waals surface area contributed by atoms with Crippen LogP contribution in [0.2, 0.25) is 0 Å². The third-order valence-electron chi connectivity index (χ3n) is 3.58. The Morgan fingerprint density at radius 3 is 2.67 bits per heavy atom. The molecule has 0 spiro atoms. The lowest BCUT2D eigenvalue weighted by molar-refractivity contribution is 0.0940. The quantitative estimate of drug-likeness (QED) is 0.872. The molecule has 1 N–H and O–H groups in total. The van der Waals surface area contributed by atoms with Gasteiger partial charge >= 0.3 is 0 Å². The summed E-state index contributed by atoms with van der Waals surface area (Å²) in [5, 5.41) is 2.76. The molecular weight excluding hydrogens is 294 g/mol. The molecule has 1 aromatic carbocycles. The Hall–Kier alpha value is -1.76. The maximum atomic E-state index is 12.2. The maximum Gasteiger partial charge on any atom is 0.251 e. The van der Waals surface area contributed by atoms with Crippen LogP contribution in [-0.4, -0.2) is 45.1 Å². The van der Waals surface area contributed by atoms with Gasteiger partial charge in [0.25, 0.3) is 5.91 Å². The standard InChI is InChI=1S/C14H17NO5S/c16-14(15-11-4-7-21(17,18)9-11)10-2-3-12-13(8-10)20-6-1-5-19-12/h2-3,8,11H,1,4-7,9H2,(H,15,16)/t11-/m0/s1. The van der Waals surface area contributed by atoms with Gasteiger partial charge in [-0.2, -0.15) is 0 Å². The smallest absolute Gasteiger partial charge is 0.251 e. The van der Waals surface area contributed by atoms with Crippen molar-refractivity contribution in [1.82, 2.24) is 5.32 Å². The molecule has 0 unspecified atom stereocenters. The molecule has 0 saturated carbocycles. The number of amides is 1. The van der Waals surface area contributed by atoms with Gasteiger partial charge in [0, 0.05) is 18.0 Å². The number of rotatable bonds is 2. The molecule has 0 bridgehead atoms. The minimum absolute atomic E-state index is 0.0172. The fourth-order valence-corrected chi connectivity index (χ4v) is 4.16. The fraction of sp³-hybridized carbons (Fsp3) is 0.500. The molecule has 7 heteroatoms. The minimum atomic E-state index is -3.00. The van der Waals surface area contributed by atoms with Gasteiger partial charge in [-0.1, -0.05) is 0 Å². The molecule has 2 aliphatic heterocycles. The molecule has 1 atom stereocenters. The van der Waals surface area contributed by atoms with E-state index in [1.807, 2.05) is 0 Å². The minimum Gasteiger partial charge on any atom is -0.490 e. The van der Waals surface area contributed by atoms with Crippen LogP contribution >= 0.6 is 0 Å². The van der Waals surface area contributed by atoms with Gasteiger partial charge in [0.05, 0.1) is 24.7 Å². The summed E-state index contributed by atoms with van der Waals surface area (Å²) < 4.78 is 33.9. The van der Waals surface area contributed by atoms with Crippen LogP contribution < -0.4 is 14.8 Å². The predicted octanol–water partition coefficient (Wildman–Crippen LogP) is 0.765. The van der Waals surface area contributed by atoms with E-state index in [2.05, 4.69) is 5.32 Å². The third-order valence-corrected chi connectivity index (χ3v) is 5.35. The summed E-state index contributed by atoms with van der Waals surface area (Å²) in [5.74, 6) is 1.06. The summed E-state index contributed by atoms with van der Waals surface area (Å²) in [5.41, 5.74) is 0.448. The number of nitrogens with one attached hydrogen (secondary N) is 1. The van der Waals surface area contributed by atoms with Gasteiger partial charge in [-0.3, -0.25) is 4.79 Å². The Balaban J connectivity index is 1.72. The van der Waals surface area contributed by atoms with Crippen molar-refractivity contribution in [2.75, 3.05) is 24.7 Å². The molecule has 0 aromatic heterocycles. The molecule has 0 aliphatic carbocycles. The van der Waals surface area contributed by atoms with Crippen LogP contribution in [0.3, 0.4) is 0 Å². The fourth-order valence-electron chi connectivity index (χ4n) is 2.48. The van der Waals surface area contributed by atoms with Gasteiger partial charge in [-0.15, -0.1) is 0 Å². The molecular formula is C14H17NO5S. The highest BCUT2D eigenvalue weighted by Crippen LogP contribution is 2.30. The van der Waals surface area contributed by atoms with Gasteiger partial charge in [0.2, 0.25) is 0 Å². The monoisotopic (exact) mass is 311 g/mol. The van der Waals surface area contributed by atoms with E-state index < -0.39 is 9.84 Å². The lowest BCUT2D eigenvalue weighted by Crippen LogP contribution is -2.35. The van der Waals surface area contributed by atoms with Crippen LogP contribution in [0.5, 0.6) is 11.5 Å². The van der Waals surface area contributed by atoms with E-state index in [4.69, 9.17) is 9.47 Å². The number of fused-ring (bicyclic) bond motifs is 1. The Morgan fingerprint density at radius 2 is 1.95 bits per heavy atom. The van der Waals surface area contributed by atoms with Crippen molar-refractivity contribution in [3.05, 3.63) is 23.8 Å². The Bertz CT molecular complexity index is 655. The largest absolute Gasteiger partial charge is 0.490 e. The highest BCUT2D eigenvalue weighted by molar-refractivity contribution is 7.91. The van der Waals surface area contributed by atoms with Crippen LogP contribution in [0, 0.1) is 0 Å². The molecule has 114 valence electrons. The molecule has 6 nitrogen and oxygen atoms in total. The molecule has 2 heterocycles. The molecule has 2 aliphatic rings. The summed E-state index contributed by atoms with van der Waals surface area (Å²) in [7, 11) is -3.00. The molecule has 1 aromatic rings. The summed E-state index contributed by atoms with van der Waals surface area (Å²) >= 11 is 0. The SMILES string of the molecule is O=C(N[C@H]1CCS(=O)(=O)C1)c1ccc2c(c1)OCCCO2. The molecule has 1 fully saturated rings. The number of benzene rings is 1. The predicted molar refractivity (Wildman–Crippen MR) is 76.6 cm³/mol. The van der Waals surface area contributed by atoms with Crippen LogP contribution in [0.25, 0.3) is 0 Å². The normalized spacial score (nSPS) is 23.3. The maximum absolute atomic E-state index is 12.2. The van der Waals surface area contributed by atoms with E-state index in [1.165, 1.54) is 0 Å². The highest BCUT2D eigenvalue weighted by Gasteiger charge is 2.29. The second kappa shape index (κ2) is 5.55. The molecule has 0 radical (unpaired) electrons. The second-order valence-corrected chi connectivity index (χ2v) is 7.51. The number of carbonyl (C=O) groups is 1. The average Bonchev–Trinajstić information content (AvgIpc) is 2.65. The van der Waals surface area contributed by atoms with Crippen molar-refractivity contribution in [2.24, 2.45) is 0 Å². The first-order valence-electron chi connectivity index (χ1n) is 6.94. The van der Waals surface area contributed by atoms with Gasteiger partial charge < -0.3 is 14.8 Å². The summed E-state index contributed by atoms with van der Waals surface area (Å²) in [4.78, 5) is 12.2. The number of carbonyl (C=O) groups excluding carboxylic acids is 1. The van der Waals surface area contributed by atoms with E-state index >= 15 is 0 Å². The lowest BCUT2D eigenvalue weighted by atomic mass is 10.1. The van der Waals surface area contributed by atoms with Crippen molar-refractivity contribution in [2.45, 2.75) is 18.9 Å². The van der Waals surface area contributed by atoms with E-state index in [1.54, 1.807) is 18.2 Å². The van der Waals surface area contributed by atoms with Gasteiger partial charge in [-0.05, 0) is 24.6 Å². The first-order chi connectivity index (χ1) is 10.0. The summed E-state index contributed by atoms with van der Waals surface area (Å²) in [6.45, 7) is 1.15. The molecule has 21 heavy (non-hydrogen) atoms. The van der Waals surface area contributed by atoms with Crippen LogP contribution in [0.1, 0.15) is 23.2 Å². The van der Waals surface area contributed by atoms with Crippen LogP contribution in [0.4, 0.5) is 0 Å². The number of ether oxygens (including phenoxy) is 2. The van der Waals surface area contributed by atoms with Gasteiger partial charge in [-0.25, -0.2) is 8.42 Å². The van der Waals surface area contributed by atoms with Crippen molar-refractivity contribution in [3.8, 4) is 11.5 Å². The first kappa shape index (κ1) is 14.2. The number of sulfone groups is 1. The Morgan fingerprint density at radius 1 is 1.19 bits per heavy atom. The summed E-state index contributed by atoms with van der Waals surface area (Å²) in [6.07, 6.45) is 1.27. The zero-order valence-electron chi connectivity index (χ0n) is 11.5. The van der Waals surface area contributed by atoms with Gasteiger partial charge in [0.1, 0.15) is 0 Å².